The van der Waals surface area contributed by atoms with Gasteiger partial charge in [-0.15, -0.1) is 0 Å². The van der Waals surface area contributed by atoms with Crippen LogP contribution in [-0.2, 0) is 23.6 Å². The Bertz CT molecular complexity index is 1230. The molecule has 0 unspecified atom stereocenters. The molecule has 37 heavy (non-hydrogen) atoms. The van der Waals surface area contributed by atoms with Crippen LogP contribution < -0.4 is 15.4 Å². The molecule has 0 aliphatic heterocycles. The number of alkyl halides is 6. The van der Waals surface area contributed by atoms with E-state index >= 15 is 0 Å². The van der Waals surface area contributed by atoms with Gasteiger partial charge in [-0.2, -0.15) is 26.3 Å². The number of hydrogen-bond acceptors (Lipinski definition) is 3. The van der Waals surface area contributed by atoms with Crippen LogP contribution in [0.4, 0.5) is 37.7 Å². The summed E-state index contributed by atoms with van der Waals surface area (Å²) in [5.41, 5.74) is -2.06. The lowest BCUT2D eigenvalue weighted by Gasteiger charge is -2.17. The minimum absolute atomic E-state index is 0.00744. The zero-order valence-electron chi connectivity index (χ0n) is 19.2. The Morgan fingerprint density at radius 2 is 1.49 bits per heavy atom. The van der Waals surface area contributed by atoms with Crippen LogP contribution >= 0.6 is 23.2 Å². The third kappa shape index (κ3) is 7.69. The van der Waals surface area contributed by atoms with E-state index < -0.39 is 23.5 Å². The number of ether oxygens (including phenoxy) is 1. The molecule has 0 spiro atoms. The minimum atomic E-state index is -4.98. The van der Waals surface area contributed by atoms with Crippen LogP contribution in [0.2, 0.25) is 10.0 Å². The summed E-state index contributed by atoms with van der Waals surface area (Å²) in [4.78, 5) is 12.3. The number of halogens is 8. The van der Waals surface area contributed by atoms with Gasteiger partial charge in [0.25, 0.3) is 0 Å². The molecule has 2 N–H and O–H groups in total. The van der Waals surface area contributed by atoms with E-state index in [0.717, 1.165) is 0 Å². The van der Waals surface area contributed by atoms with Gasteiger partial charge in [-0.1, -0.05) is 23.2 Å². The SMILES string of the molecule is COc1ccc(NC(=O)CCNc2ccc(Cl)c(Cl)c2Cc2cc(C(F)(F)F)cc(C(F)(F)F)c2)cc1. The first-order valence-electron chi connectivity index (χ1n) is 10.7. The largest absolute Gasteiger partial charge is 0.497 e. The van der Waals surface area contributed by atoms with Crippen molar-refractivity contribution in [2.75, 3.05) is 24.3 Å². The average Bonchev–Trinajstić information content (AvgIpc) is 2.82. The Morgan fingerprint density at radius 1 is 0.892 bits per heavy atom. The van der Waals surface area contributed by atoms with Crippen molar-refractivity contribution in [1.82, 2.24) is 0 Å². The Hall–Kier alpha value is -3.11. The van der Waals surface area contributed by atoms with Crippen LogP contribution in [0.3, 0.4) is 0 Å². The molecule has 0 aliphatic carbocycles. The van der Waals surface area contributed by atoms with Crippen molar-refractivity contribution >= 4 is 40.5 Å². The minimum Gasteiger partial charge on any atom is -0.497 e. The van der Waals surface area contributed by atoms with Gasteiger partial charge in [-0.3, -0.25) is 4.79 Å². The maximum Gasteiger partial charge on any atom is 0.416 e. The molecule has 3 aromatic rings. The lowest BCUT2D eigenvalue weighted by molar-refractivity contribution is -0.143. The zero-order chi connectivity index (χ0) is 27.4. The molecule has 0 radical (unpaired) electrons. The highest BCUT2D eigenvalue weighted by Gasteiger charge is 2.37. The molecule has 0 saturated carbocycles. The molecule has 1 amide bonds. The number of amides is 1. The first-order valence-corrected chi connectivity index (χ1v) is 11.5. The van der Waals surface area contributed by atoms with Crippen LogP contribution in [0.5, 0.6) is 5.75 Å². The predicted molar refractivity (Wildman–Crippen MR) is 130 cm³/mol. The van der Waals surface area contributed by atoms with Gasteiger partial charge in [0.05, 0.1) is 28.3 Å². The summed E-state index contributed by atoms with van der Waals surface area (Å²) in [6.45, 7) is 0.101. The van der Waals surface area contributed by atoms with Crippen molar-refractivity contribution in [3.63, 3.8) is 0 Å². The first kappa shape index (κ1) is 28.5. The summed E-state index contributed by atoms with van der Waals surface area (Å²) in [6.07, 6.45) is -10.3. The summed E-state index contributed by atoms with van der Waals surface area (Å²) in [5.74, 6) is 0.293. The van der Waals surface area contributed by atoms with Crippen molar-refractivity contribution in [2.24, 2.45) is 0 Å². The summed E-state index contributed by atoms with van der Waals surface area (Å²) in [6, 6.07) is 10.9. The fourth-order valence-corrected chi connectivity index (χ4v) is 3.87. The number of hydrogen-bond donors (Lipinski definition) is 2. The summed E-state index contributed by atoms with van der Waals surface area (Å²) in [7, 11) is 1.51. The fraction of sp³-hybridized carbons (Fsp3) is 0.240. The van der Waals surface area contributed by atoms with Crippen LogP contribution in [0, 0.1) is 0 Å². The van der Waals surface area contributed by atoms with E-state index in [1.165, 1.54) is 19.2 Å². The van der Waals surface area contributed by atoms with Gasteiger partial charge in [0.1, 0.15) is 5.75 Å². The molecule has 4 nitrogen and oxygen atoms in total. The van der Waals surface area contributed by atoms with E-state index in [0.29, 0.717) is 29.3 Å². The third-order valence-corrected chi connectivity index (χ3v) is 6.11. The lowest BCUT2D eigenvalue weighted by atomic mass is 9.98. The molecule has 0 saturated heterocycles. The second-order valence-corrected chi connectivity index (χ2v) is 8.72. The molecule has 198 valence electrons. The predicted octanol–water partition coefficient (Wildman–Crippen LogP) is 8.07. The summed E-state index contributed by atoms with van der Waals surface area (Å²) >= 11 is 12.3. The summed E-state index contributed by atoms with van der Waals surface area (Å²) < 4.78 is 84.6. The number of carbonyl (C=O) groups excluding carboxylic acids is 1. The smallest absolute Gasteiger partial charge is 0.416 e. The van der Waals surface area contributed by atoms with Crippen molar-refractivity contribution in [2.45, 2.75) is 25.2 Å². The number of anilines is 2. The topological polar surface area (TPSA) is 50.4 Å². The maximum absolute atomic E-state index is 13.3. The first-order chi connectivity index (χ1) is 17.3. The van der Waals surface area contributed by atoms with Crippen LogP contribution in [0.1, 0.15) is 28.7 Å². The van der Waals surface area contributed by atoms with Crippen molar-refractivity contribution in [3.8, 4) is 5.75 Å². The molecule has 3 rings (SSSR count). The van der Waals surface area contributed by atoms with Crippen LogP contribution in [-0.4, -0.2) is 19.6 Å². The number of benzene rings is 3. The van der Waals surface area contributed by atoms with E-state index in [1.54, 1.807) is 24.3 Å². The molecule has 0 fully saturated rings. The molecular weight excluding hydrogens is 545 g/mol. The van der Waals surface area contributed by atoms with Crippen molar-refractivity contribution in [1.29, 1.82) is 0 Å². The molecular formula is C25H20Cl2F6N2O2. The van der Waals surface area contributed by atoms with E-state index in [-0.39, 0.29) is 52.5 Å². The van der Waals surface area contributed by atoms with Crippen molar-refractivity contribution < 1.29 is 35.9 Å². The van der Waals surface area contributed by atoms with E-state index in [9.17, 15) is 31.1 Å². The Labute approximate surface area is 218 Å². The van der Waals surface area contributed by atoms with Gasteiger partial charge >= 0.3 is 12.4 Å². The van der Waals surface area contributed by atoms with Crippen LogP contribution in [0.15, 0.2) is 54.6 Å². The van der Waals surface area contributed by atoms with Gasteiger partial charge in [0.15, 0.2) is 0 Å². The summed E-state index contributed by atoms with van der Waals surface area (Å²) in [5, 5.41) is 5.70. The standard InChI is InChI=1S/C25H20Cl2F6N2O2/c1-37-18-4-2-17(3-5-18)35-22(36)8-9-34-21-7-6-20(26)23(27)19(21)12-14-10-15(24(28,29)30)13-16(11-14)25(31,32)33/h2-7,10-11,13,34H,8-9,12H2,1H3,(H,35,36). The maximum atomic E-state index is 13.3. The molecule has 0 atom stereocenters. The highest BCUT2D eigenvalue weighted by Crippen LogP contribution is 2.39. The number of methoxy groups -OCH3 is 1. The van der Waals surface area contributed by atoms with E-state index in [2.05, 4.69) is 10.6 Å². The second-order valence-electron chi connectivity index (χ2n) is 7.93. The van der Waals surface area contributed by atoms with E-state index in [1.807, 2.05) is 0 Å². The Morgan fingerprint density at radius 3 is 2.03 bits per heavy atom. The van der Waals surface area contributed by atoms with Gasteiger partial charge in [0, 0.05) is 30.8 Å². The van der Waals surface area contributed by atoms with Gasteiger partial charge in [-0.25, -0.2) is 0 Å². The van der Waals surface area contributed by atoms with Gasteiger partial charge in [-0.05, 0) is 65.7 Å². The van der Waals surface area contributed by atoms with E-state index in [4.69, 9.17) is 27.9 Å². The quantitative estimate of drug-likeness (QED) is 0.272. The number of rotatable bonds is 8. The third-order valence-electron chi connectivity index (χ3n) is 5.27. The Balaban J connectivity index is 1.78. The average molecular weight is 565 g/mol. The van der Waals surface area contributed by atoms with Crippen molar-refractivity contribution in [3.05, 3.63) is 86.9 Å². The lowest BCUT2D eigenvalue weighted by Crippen LogP contribution is -2.17. The molecule has 0 heterocycles. The monoisotopic (exact) mass is 564 g/mol. The fourth-order valence-electron chi connectivity index (χ4n) is 3.47. The van der Waals surface area contributed by atoms with Gasteiger partial charge < -0.3 is 15.4 Å². The van der Waals surface area contributed by atoms with Crippen LogP contribution in [0.25, 0.3) is 0 Å². The Kier molecular flexibility index (Phi) is 8.86. The zero-order valence-corrected chi connectivity index (χ0v) is 20.7. The molecule has 0 aromatic heterocycles. The highest BCUT2D eigenvalue weighted by atomic mass is 35.5. The number of nitrogens with one attached hydrogen (secondary N) is 2. The number of carbonyl (C=O) groups is 1. The van der Waals surface area contributed by atoms with Gasteiger partial charge in [0.2, 0.25) is 5.91 Å². The molecule has 12 heteroatoms. The highest BCUT2D eigenvalue weighted by molar-refractivity contribution is 6.42. The molecule has 3 aromatic carbocycles. The molecule has 0 bridgehead atoms. The normalized spacial score (nSPS) is 11.8. The second kappa shape index (κ2) is 11.5. The molecule has 0 aliphatic rings.